The number of hydrazine groups is 1. The molecule has 0 aromatic carbocycles. The van der Waals surface area contributed by atoms with E-state index in [0.717, 1.165) is 15.8 Å². The lowest BCUT2D eigenvalue weighted by atomic mass is 10.1. The number of anilines is 1. The van der Waals surface area contributed by atoms with Crippen LogP contribution in [0.4, 0.5) is 5.82 Å². The van der Waals surface area contributed by atoms with Crippen molar-refractivity contribution in [3.63, 3.8) is 0 Å². The lowest BCUT2D eigenvalue weighted by Crippen LogP contribution is -2.29. The number of rotatable bonds is 4. The third kappa shape index (κ3) is 3.04. The first-order valence-electron chi connectivity index (χ1n) is 5.11. The number of nitrogens with two attached hydrogens (primary N) is 2. The highest BCUT2D eigenvalue weighted by Gasteiger charge is 2.14. The van der Waals surface area contributed by atoms with Gasteiger partial charge in [0.2, 0.25) is 0 Å². The van der Waals surface area contributed by atoms with Crippen LogP contribution in [0, 0.1) is 0 Å². The van der Waals surface area contributed by atoms with E-state index in [1.807, 2.05) is 24.3 Å². The van der Waals surface area contributed by atoms with Gasteiger partial charge in [0.05, 0.1) is 9.83 Å². The summed E-state index contributed by atoms with van der Waals surface area (Å²) in [6, 6.07) is 7.96. The first-order chi connectivity index (χ1) is 8.20. The van der Waals surface area contributed by atoms with E-state index in [-0.39, 0.29) is 6.04 Å². The van der Waals surface area contributed by atoms with Gasteiger partial charge in [-0.1, -0.05) is 6.07 Å². The predicted molar refractivity (Wildman–Crippen MR) is 74.4 cm³/mol. The van der Waals surface area contributed by atoms with Crippen LogP contribution in [0.1, 0.15) is 16.5 Å². The molecule has 17 heavy (non-hydrogen) atoms. The molecular weight excluding hydrogens is 300 g/mol. The second-order valence-corrected chi connectivity index (χ2v) is 6.11. The normalized spacial score (nSPS) is 12.6. The van der Waals surface area contributed by atoms with Crippen LogP contribution in [0.25, 0.3) is 0 Å². The van der Waals surface area contributed by atoms with Crippen molar-refractivity contribution in [2.24, 2.45) is 5.84 Å². The standard InChI is InChI=1S/C11H13BrN4S/c12-10-4-3-9(17-10)8(16-14)6-7-2-1-5-15-11(7)13/h1-5,8,16H,6,14H2,(H2,13,15). The number of nitrogens with zero attached hydrogens (tertiary/aromatic N) is 1. The summed E-state index contributed by atoms with van der Waals surface area (Å²) in [6.45, 7) is 0. The largest absolute Gasteiger partial charge is 0.383 e. The molecule has 2 aromatic heterocycles. The molecule has 0 radical (unpaired) electrons. The molecular formula is C11H13BrN4S. The Kier molecular flexibility index (Phi) is 4.11. The molecule has 1 unspecified atom stereocenters. The number of pyridine rings is 1. The Morgan fingerprint density at radius 1 is 1.41 bits per heavy atom. The van der Waals surface area contributed by atoms with Gasteiger partial charge in [-0.2, -0.15) is 0 Å². The van der Waals surface area contributed by atoms with Crippen molar-refractivity contribution < 1.29 is 0 Å². The topological polar surface area (TPSA) is 77.0 Å². The average molecular weight is 313 g/mol. The molecule has 2 aromatic rings. The number of aromatic nitrogens is 1. The molecule has 0 saturated heterocycles. The Bertz CT molecular complexity index is 500. The highest BCUT2D eigenvalue weighted by atomic mass is 79.9. The predicted octanol–water partition coefficient (Wildman–Crippen LogP) is 2.23. The van der Waals surface area contributed by atoms with Crippen molar-refractivity contribution >= 4 is 33.1 Å². The molecule has 0 aliphatic carbocycles. The smallest absolute Gasteiger partial charge is 0.126 e. The average Bonchev–Trinajstić information content (AvgIpc) is 2.75. The maximum absolute atomic E-state index is 5.82. The SMILES string of the molecule is NNC(Cc1cccnc1N)c1ccc(Br)s1. The minimum Gasteiger partial charge on any atom is -0.383 e. The summed E-state index contributed by atoms with van der Waals surface area (Å²) < 4.78 is 1.09. The lowest BCUT2D eigenvalue weighted by Gasteiger charge is -2.14. The van der Waals surface area contributed by atoms with Gasteiger partial charge in [0.1, 0.15) is 5.82 Å². The Morgan fingerprint density at radius 3 is 2.82 bits per heavy atom. The van der Waals surface area contributed by atoms with Crippen molar-refractivity contribution in [3.05, 3.63) is 44.7 Å². The van der Waals surface area contributed by atoms with Crippen LogP contribution in [-0.2, 0) is 6.42 Å². The van der Waals surface area contributed by atoms with E-state index in [9.17, 15) is 0 Å². The zero-order valence-corrected chi connectivity index (χ0v) is 11.5. The summed E-state index contributed by atoms with van der Waals surface area (Å²) in [5.41, 5.74) is 9.63. The summed E-state index contributed by atoms with van der Waals surface area (Å²) >= 11 is 5.10. The zero-order chi connectivity index (χ0) is 12.3. The molecule has 0 fully saturated rings. The van der Waals surface area contributed by atoms with Gasteiger partial charge in [0.25, 0.3) is 0 Å². The van der Waals surface area contributed by atoms with Crippen LogP contribution in [-0.4, -0.2) is 4.98 Å². The number of hydrogen-bond donors (Lipinski definition) is 3. The third-order valence-electron chi connectivity index (χ3n) is 2.49. The van der Waals surface area contributed by atoms with Gasteiger partial charge in [-0.15, -0.1) is 11.3 Å². The second-order valence-electron chi connectivity index (χ2n) is 3.61. The summed E-state index contributed by atoms with van der Waals surface area (Å²) in [7, 11) is 0. The highest BCUT2D eigenvalue weighted by molar-refractivity contribution is 9.11. The van der Waals surface area contributed by atoms with Crippen LogP contribution >= 0.6 is 27.3 Å². The third-order valence-corrected chi connectivity index (χ3v) is 4.23. The Labute approximate surface area is 112 Å². The molecule has 0 bridgehead atoms. The number of hydrogen-bond acceptors (Lipinski definition) is 5. The van der Waals surface area contributed by atoms with Crippen molar-refractivity contribution in [1.82, 2.24) is 10.4 Å². The molecule has 0 amide bonds. The van der Waals surface area contributed by atoms with Gasteiger partial charge in [-0.05, 0) is 46.1 Å². The van der Waals surface area contributed by atoms with Gasteiger partial charge < -0.3 is 5.73 Å². The quantitative estimate of drug-likeness (QED) is 0.597. The summed E-state index contributed by atoms with van der Waals surface area (Å²) in [6.07, 6.45) is 2.41. The molecule has 0 aliphatic heterocycles. The van der Waals surface area contributed by atoms with Gasteiger partial charge in [0, 0.05) is 11.1 Å². The van der Waals surface area contributed by atoms with E-state index < -0.39 is 0 Å². The van der Waals surface area contributed by atoms with Crippen LogP contribution in [0.2, 0.25) is 0 Å². The molecule has 5 N–H and O–H groups in total. The van der Waals surface area contributed by atoms with E-state index in [0.29, 0.717) is 5.82 Å². The minimum absolute atomic E-state index is 0.0535. The molecule has 1 atom stereocenters. The van der Waals surface area contributed by atoms with E-state index in [4.69, 9.17) is 11.6 Å². The number of halogens is 1. The van der Waals surface area contributed by atoms with Gasteiger partial charge in [-0.25, -0.2) is 4.98 Å². The minimum atomic E-state index is 0.0535. The molecule has 0 aliphatic rings. The fourth-order valence-electron chi connectivity index (χ4n) is 1.60. The molecule has 2 heterocycles. The van der Waals surface area contributed by atoms with Gasteiger partial charge >= 0.3 is 0 Å². The van der Waals surface area contributed by atoms with Crippen molar-refractivity contribution in [2.45, 2.75) is 12.5 Å². The summed E-state index contributed by atoms with van der Waals surface area (Å²) in [4.78, 5) is 5.24. The van der Waals surface area contributed by atoms with Crippen molar-refractivity contribution in [3.8, 4) is 0 Å². The molecule has 0 spiro atoms. The Morgan fingerprint density at radius 2 is 2.24 bits per heavy atom. The fraction of sp³-hybridized carbons (Fsp3) is 0.182. The molecule has 2 rings (SSSR count). The van der Waals surface area contributed by atoms with Crippen LogP contribution in [0.5, 0.6) is 0 Å². The summed E-state index contributed by atoms with van der Waals surface area (Å²) in [5.74, 6) is 6.15. The highest BCUT2D eigenvalue weighted by Crippen LogP contribution is 2.29. The second kappa shape index (κ2) is 5.59. The van der Waals surface area contributed by atoms with E-state index >= 15 is 0 Å². The lowest BCUT2D eigenvalue weighted by molar-refractivity contribution is 0.560. The summed E-state index contributed by atoms with van der Waals surface area (Å²) in [5, 5.41) is 0. The van der Waals surface area contributed by atoms with Crippen LogP contribution in [0.3, 0.4) is 0 Å². The fourth-order valence-corrected chi connectivity index (χ4v) is 3.08. The maximum Gasteiger partial charge on any atom is 0.126 e. The van der Waals surface area contributed by atoms with Gasteiger partial charge in [0.15, 0.2) is 0 Å². The maximum atomic E-state index is 5.82. The van der Waals surface area contributed by atoms with Crippen molar-refractivity contribution in [1.29, 1.82) is 0 Å². The van der Waals surface area contributed by atoms with Crippen LogP contribution in [0.15, 0.2) is 34.2 Å². The monoisotopic (exact) mass is 312 g/mol. The van der Waals surface area contributed by atoms with Crippen molar-refractivity contribution in [2.75, 3.05) is 5.73 Å². The first-order valence-corrected chi connectivity index (χ1v) is 6.72. The Balaban J connectivity index is 2.18. The number of thiophene rings is 1. The van der Waals surface area contributed by atoms with Crippen LogP contribution < -0.4 is 17.0 Å². The Hall–Kier alpha value is -0.950. The molecule has 0 saturated carbocycles. The van der Waals surface area contributed by atoms with Gasteiger partial charge in [-0.3, -0.25) is 11.3 Å². The zero-order valence-electron chi connectivity index (χ0n) is 9.06. The molecule has 6 heteroatoms. The molecule has 4 nitrogen and oxygen atoms in total. The van der Waals surface area contributed by atoms with E-state index in [1.54, 1.807) is 17.5 Å². The molecule has 90 valence electrons. The first kappa shape index (κ1) is 12.5. The number of nitrogen functional groups attached to an aromatic ring is 1. The van der Waals surface area contributed by atoms with E-state index in [1.165, 1.54) is 4.88 Å². The number of nitrogens with one attached hydrogen (secondary N) is 1. The van der Waals surface area contributed by atoms with E-state index in [2.05, 4.69) is 26.3 Å².